The summed E-state index contributed by atoms with van der Waals surface area (Å²) < 4.78 is 0. The standard InChI is InChI=1S/C17H20N6O/c18-13-4-2-1-3-12(13)9-11-5-7-23(8-6-11)16-14-15(19-10-20-16)22-17(24)21-14/h1-4,10-11H,5-9,18H2,(H2,19,20,21,22,24). The summed E-state index contributed by atoms with van der Waals surface area (Å²) >= 11 is 0. The van der Waals surface area contributed by atoms with Gasteiger partial charge in [0, 0.05) is 18.8 Å². The Morgan fingerprint density at radius 3 is 2.75 bits per heavy atom. The smallest absolute Gasteiger partial charge is 0.325 e. The molecule has 0 radical (unpaired) electrons. The number of piperidine rings is 1. The Bertz CT molecular complexity index is 907. The highest BCUT2D eigenvalue weighted by atomic mass is 16.1. The molecule has 4 N–H and O–H groups in total. The molecule has 1 aliphatic heterocycles. The van der Waals surface area contributed by atoms with Gasteiger partial charge in [0.15, 0.2) is 11.5 Å². The van der Waals surface area contributed by atoms with Gasteiger partial charge < -0.3 is 15.6 Å². The molecular weight excluding hydrogens is 304 g/mol. The molecule has 0 atom stereocenters. The van der Waals surface area contributed by atoms with Crippen LogP contribution in [0.2, 0.25) is 0 Å². The predicted octanol–water partition coefficient (Wildman–Crippen LogP) is 1.69. The lowest BCUT2D eigenvalue weighted by atomic mass is 9.89. The normalized spacial score (nSPS) is 15.9. The van der Waals surface area contributed by atoms with E-state index >= 15 is 0 Å². The van der Waals surface area contributed by atoms with Gasteiger partial charge in [-0.2, -0.15) is 0 Å². The largest absolute Gasteiger partial charge is 0.399 e. The van der Waals surface area contributed by atoms with Crippen molar-refractivity contribution in [2.24, 2.45) is 5.92 Å². The fraction of sp³-hybridized carbons (Fsp3) is 0.353. The van der Waals surface area contributed by atoms with E-state index in [9.17, 15) is 4.79 Å². The molecule has 124 valence electrons. The van der Waals surface area contributed by atoms with Gasteiger partial charge in [0.05, 0.1) is 0 Å². The highest BCUT2D eigenvalue weighted by Crippen LogP contribution is 2.28. The molecule has 0 amide bonds. The number of benzene rings is 1. The molecule has 7 heteroatoms. The molecule has 1 fully saturated rings. The van der Waals surface area contributed by atoms with Crippen LogP contribution in [0.25, 0.3) is 11.2 Å². The van der Waals surface area contributed by atoms with Gasteiger partial charge in [0.25, 0.3) is 0 Å². The zero-order valence-corrected chi connectivity index (χ0v) is 13.3. The Balaban J connectivity index is 1.48. The first kappa shape index (κ1) is 14.7. The fourth-order valence-corrected chi connectivity index (χ4v) is 3.46. The number of hydrogen-bond acceptors (Lipinski definition) is 5. The Morgan fingerprint density at radius 1 is 1.17 bits per heavy atom. The first-order valence-corrected chi connectivity index (χ1v) is 8.22. The maximum atomic E-state index is 11.5. The van der Waals surface area contributed by atoms with Crippen LogP contribution in [0.4, 0.5) is 11.5 Å². The van der Waals surface area contributed by atoms with Crippen LogP contribution in [0.3, 0.4) is 0 Å². The van der Waals surface area contributed by atoms with E-state index in [1.165, 1.54) is 11.9 Å². The number of nitrogens with zero attached hydrogens (tertiary/aromatic N) is 3. The van der Waals surface area contributed by atoms with Crippen LogP contribution in [0, 0.1) is 5.92 Å². The zero-order valence-electron chi connectivity index (χ0n) is 13.3. The van der Waals surface area contributed by atoms with Crippen molar-refractivity contribution < 1.29 is 0 Å². The SMILES string of the molecule is Nc1ccccc1CC1CCN(c2ncnc3[nH]c(=O)[nH]c23)CC1. The summed E-state index contributed by atoms with van der Waals surface area (Å²) in [6, 6.07) is 8.09. The number of nitrogen functional groups attached to an aromatic ring is 1. The van der Waals surface area contributed by atoms with Crippen LogP contribution in [0.5, 0.6) is 0 Å². The average molecular weight is 324 g/mol. The maximum Gasteiger partial charge on any atom is 0.325 e. The molecule has 0 aliphatic carbocycles. The third-order valence-electron chi connectivity index (χ3n) is 4.78. The van der Waals surface area contributed by atoms with Gasteiger partial charge in [-0.1, -0.05) is 18.2 Å². The van der Waals surface area contributed by atoms with Crippen molar-refractivity contribution in [2.75, 3.05) is 23.7 Å². The summed E-state index contributed by atoms with van der Waals surface area (Å²) in [7, 11) is 0. The number of nitrogens with two attached hydrogens (primary N) is 1. The Hall–Kier alpha value is -2.83. The molecule has 3 heterocycles. The molecule has 4 rings (SSSR count). The number of para-hydroxylation sites is 1. The first-order chi connectivity index (χ1) is 11.7. The highest BCUT2D eigenvalue weighted by Gasteiger charge is 2.23. The number of nitrogens with one attached hydrogen (secondary N) is 2. The van der Waals surface area contributed by atoms with Crippen molar-refractivity contribution in [3.05, 3.63) is 46.6 Å². The van der Waals surface area contributed by atoms with Crippen LogP contribution in [-0.4, -0.2) is 33.0 Å². The third kappa shape index (κ3) is 2.73. The molecule has 7 nitrogen and oxygen atoms in total. The van der Waals surface area contributed by atoms with Gasteiger partial charge in [-0.25, -0.2) is 14.8 Å². The third-order valence-corrected chi connectivity index (χ3v) is 4.78. The number of fused-ring (bicyclic) bond motifs is 1. The number of aromatic amines is 2. The van der Waals surface area contributed by atoms with E-state index in [2.05, 4.69) is 30.9 Å². The lowest BCUT2D eigenvalue weighted by molar-refractivity contribution is 0.403. The van der Waals surface area contributed by atoms with Crippen molar-refractivity contribution in [3.8, 4) is 0 Å². The Labute approximate surface area is 138 Å². The minimum absolute atomic E-state index is 0.249. The van der Waals surface area contributed by atoms with Crippen LogP contribution >= 0.6 is 0 Å². The van der Waals surface area contributed by atoms with Crippen LogP contribution in [0.1, 0.15) is 18.4 Å². The molecule has 1 saturated heterocycles. The molecule has 0 saturated carbocycles. The molecule has 24 heavy (non-hydrogen) atoms. The monoisotopic (exact) mass is 324 g/mol. The minimum atomic E-state index is -0.249. The summed E-state index contributed by atoms with van der Waals surface area (Å²) in [5, 5.41) is 0. The van der Waals surface area contributed by atoms with Crippen molar-refractivity contribution in [3.63, 3.8) is 0 Å². The Morgan fingerprint density at radius 2 is 1.96 bits per heavy atom. The number of hydrogen-bond donors (Lipinski definition) is 3. The van der Waals surface area contributed by atoms with Crippen LogP contribution in [-0.2, 0) is 6.42 Å². The fourth-order valence-electron chi connectivity index (χ4n) is 3.46. The van der Waals surface area contributed by atoms with Gasteiger partial charge in [-0.3, -0.25) is 4.98 Å². The van der Waals surface area contributed by atoms with Crippen molar-refractivity contribution in [2.45, 2.75) is 19.3 Å². The van der Waals surface area contributed by atoms with Gasteiger partial charge >= 0.3 is 5.69 Å². The summed E-state index contributed by atoms with van der Waals surface area (Å²) in [6.07, 6.45) is 4.67. The number of aromatic nitrogens is 4. The number of anilines is 2. The molecular formula is C17H20N6O. The van der Waals surface area contributed by atoms with Crippen LogP contribution in [0.15, 0.2) is 35.4 Å². The quantitative estimate of drug-likeness (QED) is 0.636. The van der Waals surface area contributed by atoms with Crippen molar-refractivity contribution >= 4 is 22.7 Å². The average Bonchev–Trinajstić information content (AvgIpc) is 2.98. The molecule has 0 unspecified atom stereocenters. The molecule has 3 aromatic rings. The van der Waals surface area contributed by atoms with E-state index in [0.29, 0.717) is 17.1 Å². The van der Waals surface area contributed by atoms with E-state index in [0.717, 1.165) is 43.9 Å². The van der Waals surface area contributed by atoms with E-state index in [1.807, 2.05) is 18.2 Å². The van der Waals surface area contributed by atoms with E-state index in [4.69, 9.17) is 5.73 Å². The Kier molecular flexibility index (Phi) is 3.68. The van der Waals surface area contributed by atoms with Gasteiger partial charge in [-0.15, -0.1) is 0 Å². The molecule has 0 spiro atoms. The molecule has 2 aromatic heterocycles. The van der Waals surface area contributed by atoms with Gasteiger partial charge in [-0.05, 0) is 36.8 Å². The van der Waals surface area contributed by atoms with Gasteiger partial charge in [0.2, 0.25) is 0 Å². The lowest BCUT2D eigenvalue weighted by Crippen LogP contribution is -2.35. The number of imidazole rings is 1. The highest BCUT2D eigenvalue weighted by molar-refractivity contribution is 5.82. The minimum Gasteiger partial charge on any atom is -0.399 e. The van der Waals surface area contributed by atoms with Crippen molar-refractivity contribution in [1.82, 2.24) is 19.9 Å². The number of H-pyrrole nitrogens is 2. The molecule has 1 aromatic carbocycles. The lowest BCUT2D eigenvalue weighted by Gasteiger charge is -2.33. The summed E-state index contributed by atoms with van der Waals surface area (Å²) in [5.74, 6) is 1.42. The van der Waals surface area contributed by atoms with E-state index < -0.39 is 0 Å². The topological polar surface area (TPSA) is 104 Å². The number of rotatable bonds is 3. The van der Waals surface area contributed by atoms with Crippen molar-refractivity contribution in [1.29, 1.82) is 0 Å². The second kappa shape index (κ2) is 5.99. The van der Waals surface area contributed by atoms with E-state index in [-0.39, 0.29) is 5.69 Å². The maximum absolute atomic E-state index is 11.5. The zero-order chi connectivity index (χ0) is 16.5. The second-order valence-electron chi connectivity index (χ2n) is 6.33. The summed E-state index contributed by atoms with van der Waals surface area (Å²) in [4.78, 5) is 27.7. The van der Waals surface area contributed by atoms with Crippen LogP contribution < -0.4 is 16.3 Å². The summed E-state index contributed by atoms with van der Waals surface area (Å²) in [6.45, 7) is 1.83. The predicted molar refractivity (Wildman–Crippen MR) is 94.0 cm³/mol. The van der Waals surface area contributed by atoms with E-state index in [1.54, 1.807) is 0 Å². The summed E-state index contributed by atoms with van der Waals surface area (Å²) in [5.41, 5.74) is 9.16. The first-order valence-electron chi connectivity index (χ1n) is 8.22. The molecule has 1 aliphatic rings. The van der Waals surface area contributed by atoms with Gasteiger partial charge in [0.1, 0.15) is 11.8 Å². The second-order valence-corrected chi connectivity index (χ2v) is 6.33. The molecule has 0 bridgehead atoms.